The average molecular weight is 342 g/mol. The first-order valence-electron chi connectivity index (χ1n) is 8.11. The molecular weight excluding hydrogens is 320 g/mol. The monoisotopic (exact) mass is 342 g/mol. The molecule has 0 aromatic heterocycles. The number of benzene rings is 2. The predicted octanol–water partition coefficient (Wildman–Crippen LogP) is 2.86. The fourth-order valence-corrected chi connectivity index (χ4v) is 3.14. The molecule has 2 aromatic rings. The highest BCUT2D eigenvalue weighted by Gasteiger charge is 2.27. The highest BCUT2D eigenvalue weighted by Crippen LogP contribution is 2.28. The molecule has 1 atom stereocenters. The summed E-state index contributed by atoms with van der Waals surface area (Å²) in [5, 5.41) is 11.9. The van der Waals surface area contributed by atoms with Crippen molar-refractivity contribution in [3.05, 3.63) is 59.2 Å². The molecule has 0 bridgehead atoms. The highest BCUT2D eigenvalue weighted by atomic mass is 16.5. The van der Waals surface area contributed by atoms with Crippen LogP contribution in [-0.4, -0.2) is 36.5 Å². The van der Waals surface area contributed by atoms with Crippen LogP contribution >= 0.6 is 0 Å². The van der Waals surface area contributed by atoms with Gasteiger partial charge in [-0.25, -0.2) is 4.79 Å². The van der Waals surface area contributed by atoms with E-state index >= 15 is 0 Å². The van der Waals surface area contributed by atoms with Crippen molar-refractivity contribution in [3.8, 4) is 11.5 Å². The molecule has 1 aliphatic rings. The number of ether oxygens (including phenoxy) is 2. The second-order valence-electron chi connectivity index (χ2n) is 6.06. The van der Waals surface area contributed by atoms with Crippen LogP contribution in [0.5, 0.6) is 11.5 Å². The highest BCUT2D eigenvalue weighted by molar-refractivity contribution is 5.64. The van der Waals surface area contributed by atoms with Gasteiger partial charge in [0.25, 0.3) is 0 Å². The number of hydrogen-bond donors (Lipinski definition) is 2. The summed E-state index contributed by atoms with van der Waals surface area (Å²) in [5.74, 6) is 1.60. The summed E-state index contributed by atoms with van der Waals surface area (Å²) in [6.45, 7) is 1.40. The fourth-order valence-electron chi connectivity index (χ4n) is 3.14. The molecule has 25 heavy (non-hydrogen) atoms. The zero-order valence-electron chi connectivity index (χ0n) is 14.4. The van der Waals surface area contributed by atoms with Gasteiger partial charge in [-0.15, -0.1) is 0 Å². The second-order valence-corrected chi connectivity index (χ2v) is 6.06. The maximum atomic E-state index is 11.3. The Balaban J connectivity index is 1.75. The molecule has 0 radical (unpaired) electrons. The van der Waals surface area contributed by atoms with E-state index in [1.165, 1.54) is 11.1 Å². The van der Waals surface area contributed by atoms with Crippen LogP contribution in [0.2, 0.25) is 0 Å². The molecule has 0 fully saturated rings. The van der Waals surface area contributed by atoms with Gasteiger partial charge in [0.1, 0.15) is 11.5 Å². The first-order chi connectivity index (χ1) is 12.1. The third-order valence-electron chi connectivity index (χ3n) is 4.48. The van der Waals surface area contributed by atoms with E-state index in [2.05, 4.69) is 10.2 Å². The van der Waals surface area contributed by atoms with Crippen molar-refractivity contribution >= 4 is 6.09 Å². The standard InChI is InChI=1S/C19H22N2O4/c1-24-16-6-3-13(4-7-16)9-18(20-19(22)23)21-11-14-5-8-17(25-2)10-15(14)12-21/h3-8,10,18,20H,9,11-12H2,1-2H3,(H,22,23). The zero-order chi connectivity index (χ0) is 17.8. The van der Waals surface area contributed by atoms with Crippen molar-refractivity contribution in [2.24, 2.45) is 0 Å². The van der Waals surface area contributed by atoms with Gasteiger partial charge in [0.15, 0.2) is 0 Å². The van der Waals surface area contributed by atoms with E-state index in [0.29, 0.717) is 19.5 Å². The SMILES string of the molecule is COc1ccc(CC(NC(=O)O)N2Cc3ccc(OC)cc3C2)cc1. The lowest BCUT2D eigenvalue weighted by Gasteiger charge is -2.27. The van der Waals surface area contributed by atoms with Crippen LogP contribution in [0.15, 0.2) is 42.5 Å². The average Bonchev–Trinajstić information content (AvgIpc) is 3.04. The Kier molecular flexibility index (Phi) is 5.09. The first-order valence-corrected chi connectivity index (χ1v) is 8.11. The molecule has 2 N–H and O–H groups in total. The first kappa shape index (κ1) is 17.1. The molecular formula is C19H22N2O4. The van der Waals surface area contributed by atoms with Crippen molar-refractivity contribution in [2.45, 2.75) is 25.7 Å². The summed E-state index contributed by atoms with van der Waals surface area (Å²) in [6.07, 6.45) is -0.738. The smallest absolute Gasteiger partial charge is 0.405 e. The van der Waals surface area contributed by atoms with Gasteiger partial charge >= 0.3 is 6.09 Å². The van der Waals surface area contributed by atoms with Gasteiger partial charge in [0.2, 0.25) is 0 Å². The minimum absolute atomic E-state index is 0.302. The summed E-state index contributed by atoms with van der Waals surface area (Å²) < 4.78 is 10.4. The van der Waals surface area contributed by atoms with Crippen molar-refractivity contribution < 1.29 is 19.4 Å². The fraction of sp³-hybridized carbons (Fsp3) is 0.316. The molecule has 6 nitrogen and oxygen atoms in total. The van der Waals surface area contributed by atoms with Crippen LogP contribution in [0.25, 0.3) is 0 Å². The maximum absolute atomic E-state index is 11.3. The van der Waals surface area contributed by atoms with Gasteiger partial charge in [-0.05, 0) is 41.0 Å². The molecule has 0 aliphatic carbocycles. The minimum Gasteiger partial charge on any atom is -0.497 e. The number of nitrogens with zero attached hydrogens (tertiary/aromatic N) is 1. The van der Waals surface area contributed by atoms with Gasteiger partial charge < -0.3 is 19.9 Å². The molecule has 132 valence electrons. The number of amides is 1. The normalized spacial score (nSPS) is 14.6. The van der Waals surface area contributed by atoms with Crippen LogP contribution in [0, 0.1) is 0 Å². The van der Waals surface area contributed by atoms with E-state index in [9.17, 15) is 9.90 Å². The Bertz CT molecular complexity index is 746. The molecule has 0 saturated heterocycles. The number of carbonyl (C=O) groups is 1. The molecule has 0 spiro atoms. The number of carboxylic acid groups (broad SMARTS) is 1. The predicted molar refractivity (Wildman–Crippen MR) is 93.9 cm³/mol. The van der Waals surface area contributed by atoms with E-state index in [1.807, 2.05) is 42.5 Å². The lowest BCUT2D eigenvalue weighted by Crippen LogP contribution is -2.46. The van der Waals surface area contributed by atoms with Crippen molar-refractivity contribution in [2.75, 3.05) is 14.2 Å². The van der Waals surface area contributed by atoms with E-state index in [4.69, 9.17) is 9.47 Å². The third-order valence-corrected chi connectivity index (χ3v) is 4.48. The number of rotatable bonds is 6. The molecule has 1 unspecified atom stereocenters. The summed E-state index contributed by atoms with van der Waals surface area (Å²) in [4.78, 5) is 13.4. The molecule has 6 heteroatoms. The Hall–Kier alpha value is -2.73. The van der Waals surface area contributed by atoms with Crippen LogP contribution in [-0.2, 0) is 19.5 Å². The zero-order valence-corrected chi connectivity index (χ0v) is 14.4. The number of hydrogen-bond acceptors (Lipinski definition) is 4. The topological polar surface area (TPSA) is 71.0 Å². The van der Waals surface area contributed by atoms with Crippen molar-refractivity contribution in [3.63, 3.8) is 0 Å². The molecule has 0 saturated carbocycles. The Morgan fingerprint density at radius 2 is 1.72 bits per heavy atom. The number of methoxy groups -OCH3 is 2. The number of nitrogens with one attached hydrogen (secondary N) is 1. The van der Waals surface area contributed by atoms with Crippen LogP contribution < -0.4 is 14.8 Å². The maximum Gasteiger partial charge on any atom is 0.405 e. The minimum atomic E-state index is -1.02. The summed E-state index contributed by atoms with van der Waals surface area (Å²) in [7, 11) is 3.27. The molecule has 1 heterocycles. The lowest BCUT2D eigenvalue weighted by atomic mass is 10.1. The Morgan fingerprint density at radius 3 is 2.36 bits per heavy atom. The van der Waals surface area contributed by atoms with Gasteiger partial charge in [-0.1, -0.05) is 18.2 Å². The van der Waals surface area contributed by atoms with E-state index in [-0.39, 0.29) is 6.17 Å². The van der Waals surface area contributed by atoms with Crippen molar-refractivity contribution in [1.29, 1.82) is 0 Å². The molecule has 1 aliphatic heterocycles. The van der Waals surface area contributed by atoms with Crippen LogP contribution in [0.3, 0.4) is 0 Å². The van der Waals surface area contributed by atoms with Gasteiger partial charge in [-0.3, -0.25) is 4.90 Å². The van der Waals surface area contributed by atoms with Gasteiger partial charge in [-0.2, -0.15) is 0 Å². The summed E-state index contributed by atoms with van der Waals surface area (Å²) >= 11 is 0. The number of fused-ring (bicyclic) bond motifs is 1. The summed E-state index contributed by atoms with van der Waals surface area (Å²) in [5.41, 5.74) is 3.42. The van der Waals surface area contributed by atoms with Crippen LogP contribution in [0.1, 0.15) is 16.7 Å². The van der Waals surface area contributed by atoms with Gasteiger partial charge in [0.05, 0.1) is 20.4 Å². The van der Waals surface area contributed by atoms with E-state index in [1.54, 1.807) is 14.2 Å². The molecule has 3 rings (SSSR count). The summed E-state index contributed by atoms with van der Waals surface area (Å²) in [6, 6.07) is 13.7. The second kappa shape index (κ2) is 7.44. The molecule has 2 aromatic carbocycles. The third kappa shape index (κ3) is 4.03. The van der Waals surface area contributed by atoms with Gasteiger partial charge in [0, 0.05) is 19.5 Å². The van der Waals surface area contributed by atoms with E-state index < -0.39 is 6.09 Å². The molecule has 1 amide bonds. The quantitative estimate of drug-likeness (QED) is 0.845. The largest absolute Gasteiger partial charge is 0.497 e. The Morgan fingerprint density at radius 1 is 1.08 bits per heavy atom. The Labute approximate surface area is 147 Å². The van der Waals surface area contributed by atoms with E-state index in [0.717, 1.165) is 17.1 Å². The van der Waals surface area contributed by atoms with Crippen molar-refractivity contribution in [1.82, 2.24) is 10.2 Å². The van der Waals surface area contributed by atoms with Crippen LogP contribution in [0.4, 0.5) is 4.79 Å². The lowest BCUT2D eigenvalue weighted by molar-refractivity contribution is 0.140.